The fraction of sp³-hybridized carbons (Fsp3) is 0.419. The third kappa shape index (κ3) is 6.56. The Hall–Kier alpha value is -2.81. The zero-order valence-electron chi connectivity index (χ0n) is 22.8. The largest absolute Gasteiger partial charge is 0.350 e. The molecule has 1 aliphatic heterocycles. The fourth-order valence-corrected chi connectivity index (χ4v) is 6.40. The molecular formula is C31H35BrClN5O2. The number of nitrogens with zero attached hydrogens (tertiary/aromatic N) is 4. The summed E-state index contributed by atoms with van der Waals surface area (Å²) < 4.78 is 0.948. The zero-order valence-corrected chi connectivity index (χ0v) is 25.1. The molecule has 3 aromatic rings. The van der Waals surface area contributed by atoms with Gasteiger partial charge in [-0.3, -0.25) is 24.5 Å². The van der Waals surface area contributed by atoms with E-state index in [4.69, 9.17) is 16.6 Å². The molecule has 2 aliphatic rings. The Morgan fingerprint density at radius 1 is 1.10 bits per heavy atom. The number of aryl methyl sites for hydroxylation is 2. The van der Waals surface area contributed by atoms with E-state index in [1.54, 1.807) is 17.3 Å². The van der Waals surface area contributed by atoms with Crippen LogP contribution >= 0.6 is 27.5 Å². The molecule has 9 heteroatoms. The van der Waals surface area contributed by atoms with Crippen molar-refractivity contribution in [2.24, 2.45) is 0 Å². The molecule has 3 heterocycles. The maximum Gasteiger partial charge on any atom is 0.244 e. The summed E-state index contributed by atoms with van der Waals surface area (Å²) in [6.45, 7) is 4.05. The molecule has 0 spiro atoms. The van der Waals surface area contributed by atoms with Gasteiger partial charge in [-0.2, -0.15) is 0 Å². The maximum absolute atomic E-state index is 13.7. The number of benzene rings is 1. The minimum atomic E-state index is -0.600. The number of carbonyl (C=O) groups is 2. The summed E-state index contributed by atoms with van der Waals surface area (Å²) >= 11 is 10.0. The van der Waals surface area contributed by atoms with Crippen LogP contribution in [0.5, 0.6) is 0 Å². The fourth-order valence-electron chi connectivity index (χ4n) is 5.82. The van der Waals surface area contributed by atoms with E-state index in [0.717, 1.165) is 53.4 Å². The van der Waals surface area contributed by atoms with Gasteiger partial charge >= 0.3 is 0 Å². The number of nitrogens with one attached hydrogen (secondary N) is 1. The standard InChI is InChI=1S/C31H35BrClN5O2/c1-2-3-4-7-28(39)38-14-13-37(20-27(38)31(40)36-18-21-6-5-12-34-17-21)30-26-11-10-25(33)16-22(26)8-9-23-15-24(32)19-35-29(23)30/h5-6,10-12,15-17,19,27,30H,2-4,7-9,13-14,18,20H2,1H3,(H,36,40). The molecule has 1 N–H and O–H groups in total. The van der Waals surface area contributed by atoms with Crippen LogP contribution in [-0.4, -0.2) is 57.3 Å². The molecule has 0 saturated carbocycles. The molecule has 2 amide bonds. The number of fused-ring (bicyclic) bond motifs is 2. The number of aromatic nitrogens is 2. The highest BCUT2D eigenvalue weighted by atomic mass is 79.9. The second kappa shape index (κ2) is 13.2. The molecule has 1 aromatic carbocycles. The Labute approximate surface area is 249 Å². The minimum absolute atomic E-state index is 0.0464. The average molecular weight is 625 g/mol. The monoisotopic (exact) mass is 623 g/mol. The van der Waals surface area contributed by atoms with E-state index in [2.05, 4.69) is 56.3 Å². The Bertz CT molecular complexity index is 1300. The number of unbranched alkanes of at least 4 members (excludes halogenated alkanes) is 2. The number of hydrogen-bond acceptors (Lipinski definition) is 5. The van der Waals surface area contributed by atoms with Crippen LogP contribution in [0.1, 0.15) is 66.6 Å². The van der Waals surface area contributed by atoms with Crippen molar-refractivity contribution < 1.29 is 9.59 Å². The van der Waals surface area contributed by atoms with E-state index in [0.29, 0.717) is 37.6 Å². The lowest BCUT2D eigenvalue weighted by atomic mass is 9.95. The number of piperazine rings is 1. The lowest BCUT2D eigenvalue weighted by molar-refractivity contribution is -0.144. The number of pyridine rings is 2. The second-order valence-corrected chi connectivity index (χ2v) is 11.9. The van der Waals surface area contributed by atoms with Crippen LogP contribution in [0, 0.1) is 0 Å². The Kier molecular flexibility index (Phi) is 9.50. The van der Waals surface area contributed by atoms with Gasteiger partial charge < -0.3 is 10.2 Å². The van der Waals surface area contributed by atoms with Gasteiger partial charge in [-0.15, -0.1) is 0 Å². The highest BCUT2D eigenvalue weighted by Gasteiger charge is 2.40. The van der Waals surface area contributed by atoms with Gasteiger partial charge in [0, 0.05) is 60.7 Å². The van der Waals surface area contributed by atoms with E-state index >= 15 is 0 Å². The van der Waals surface area contributed by atoms with Crippen LogP contribution in [0.15, 0.2) is 59.5 Å². The summed E-state index contributed by atoms with van der Waals surface area (Å²) in [6.07, 6.45) is 10.4. The molecule has 40 heavy (non-hydrogen) atoms. The smallest absolute Gasteiger partial charge is 0.244 e. The van der Waals surface area contributed by atoms with Gasteiger partial charge in [0.05, 0.1) is 11.7 Å². The van der Waals surface area contributed by atoms with Crippen molar-refractivity contribution >= 4 is 39.3 Å². The van der Waals surface area contributed by atoms with Gasteiger partial charge in [0.25, 0.3) is 0 Å². The summed E-state index contributed by atoms with van der Waals surface area (Å²) in [7, 11) is 0. The van der Waals surface area contributed by atoms with E-state index < -0.39 is 6.04 Å². The highest BCUT2D eigenvalue weighted by molar-refractivity contribution is 9.10. The predicted molar refractivity (Wildman–Crippen MR) is 160 cm³/mol. The van der Waals surface area contributed by atoms with Gasteiger partial charge in [0.2, 0.25) is 11.8 Å². The van der Waals surface area contributed by atoms with Crippen LogP contribution in [0.3, 0.4) is 0 Å². The predicted octanol–water partition coefficient (Wildman–Crippen LogP) is 5.49. The van der Waals surface area contributed by atoms with Crippen LogP contribution < -0.4 is 5.32 Å². The third-order valence-corrected chi connectivity index (χ3v) is 8.54. The molecule has 0 radical (unpaired) electrons. The summed E-state index contributed by atoms with van der Waals surface area (Å²) in [5.41, 5.74) is 5.46. The number of rotatable bonds is 8. The van der Waals surface area contributed by atoms with Crippen molar-refractivity contribution in [3.63, 3.8) is 0 Å². The van der Waals surface area contributed by atoms with Crippen molar-refractivity contribution in [2.45, 2.75) is 64.1 Å². The van der Waals surface area contributed by atoms with Gasteiger partial charge in [0.15, 0.2) is 0 Å². The van der Waals surface area contributed by atoms with E-state index in [-0.39, 0.29) is 17.9 Å². The number of amides is 2. The van der Waals surface area contributed by atoms with Gasteiger partial charge in [-0.1, -0.05) is 43.5 Å². The van der Waals surface area contributed by atoms with E-state index in [9.17, 15) is 9.59 Å². The number of halogens is 2. The second-order valence-electron chi connectivity index (χ2n) is 10.6. The molecule has 7 nitrogen and oxygen atoms in total. The third-order valence-electron chi connectivity index (χ3n) is 7.87. The minimum Gasteiger partial charge on any atom is -0.350 e. The summed E-state index contributed by atoms with van der Waals surface area (Å²) in [5, 5.41) is 3.79. The van der Waals surface area contributed by atoms with Crippen LogP contribution in [0.4, 0.5) is 0 Å². The molecule has 1 aliphatic carbocycles. The first-order chi connectivity index (χ1) is 19.4. The molecule has 2 aromatic heterocycles. The molecule has 1 fully saturated rings. The van der Waals surface area contributed by atoms with Crippen molar-refractivity contribution in [1.82, 2.24) is 25.1 Å². The molecule has 5 rings (SSSR count). The average Bonchev–Trinajstić information content (AvgIpc) is 3.12. The Morgan fingerprint density at radius 2 is 1.95 bits per heavy atom. The maximum atomic E-state index is 13.7. The summed E-state index contributed by atoms with van der Waals surface area (Å²) in [4.78, 5) is 40.2. The molecule has 2 unspecified atom stereocenters. The van der Waals surface area contributed by atoms with Crippen LogP contribution in [-0.2, 0) is 29.0 Å². The van der Waals surface area contributed by atoms with Crippen molar-refractivity contribution in [1.29, 1.82) is 0 Å². The van der Waals surface area contributed by atoms with Gasteiger partial charge in [0.1, 0.15) is 6.04 Å². The van der Waals surface area contributed by atoms with Crippen molar-refractivity contribution in [2.75, 3.05) is 19.6 Å². The van der Waals surface area contributed by atoms with Gasteiger partial charge in [-0.25, -0.2) is 0 Å². The topological polar surface area (TPSA) is 78.4 Å². The molecule has 1 saturated heterocycles. The summed E-state index contributed by atoms with van der Waals surface area (Å²) in [5.74, 6) is -0.100. The van der Waals surface area contributed by atoms with Crippen molar-refractivity contribution in [3.8, 4) is 0 Å². The lowest BCUT2D eigenvalue weighted by Crippen LogP contribution is -2.61. The molecular weight excluding hydrogens is 590 g/mol. The first-order valence-electron chi connectivity index (χ1n) is 14.1. The molecule has 0 bridgehead atoms. The van der Waals surface area contributed by atoms with Gasteiger partial charge in [-0.05, 0) is 81.7 Å². The highest BCUT2D eigenvalue weighted by Crippen LogP contribution is 2.38. The van der Waals surface area contributed by atoms with Crippen LogP contribution in [0.25, 0.3) is 0 Å². The first-order valence-corrected chi connectivity index (χ1v) is 15.2. The zero-order chi connectivity index (χ0) is 28.1. The number of hydrogen-bond donors (Lipinski definition) is 1. The van der Waals surface area contributed by atoms with Crippen LogP contribution in [0.2, 0.25) is 5.02 Å². The van der Waals surface area contributed by atoms with E-state index in [1.807, 2.05) is 24.4 Å². The molecule has 210 valence electrons. The normalized spacial score (nSPS) is 18.9. The molecule has 2 atom stereocenters. The summed E-state index contributed by atoms with van der Waals surface area (Å²) in [6, 6.07) is 11.3. The first kappa shape index (κ1) is 28.7. The Balaban J connectivity index is 1.45. The number of carbonyl (C=O) groups excluding carboxylic acids is 2. The Morgan fingerprint density at radius 3 is 2.75 bits per heavy atom. The van der Waals surface area contributed by atoms with Crippen molar-refractivity contribution in [3.05, 3.63) is 92.4 Å². The quantitative estimate of drug-likeness (QED) is 0.336. The SMILES string of the molecule is CCCCCC(=O)N1CCN(C2c3ccc(Cl)cc3CCc3cc(Br)cnc32)CC1C(=O)NCc1cccnc1. The van der Waals surface area contributed by atoms with E-state index in [1.165, 1.54) is 11.1 Å². The lowest BCUT2D eigenvalue weighted by Gasteiger charge is -2.44.